The minimum atomic E-state index is -0.170. The molecule has 2 N–H and O–H groups in total. The first-order chi connectivity index (χ1) is 11.1. The molecule has 122 valence electrons. The van der Waals surface area contributed by atoms with Crippen LogP contribution in [-0.4, -0.2) is 21.4 Å². The van der Waals surface area contributed by atoms with Crippen LogP contribution in [0.5, 0.6) is 0 Å². The zero-order valence-electron chi connectivity index (χ0n) is 13.5. The maximum absolute atomic E-state index is 14.5. The fourth-order valence-electron chi connectivity index (χ4n) is 6.12. The maximum Gasteiger partial charge on any atom is 0.149 e. The van der Waals surface area contributed by atoms with Gasteiger partial charge in [-0.25, -0.2) is 4.39 Å². The lowest BCUT2D eigenvalue weighted by Crippen LogP contribution is -2.44. The van der Waals surface area contributed by atoms with E-state index in [1.807, 2.05) is 0 Å². The number of aryl methyl sites for hydroxylation is 1. The molecule has 1 aromatic carbocycles. The number of nitrogens with zero attached hydrogens (tertiary/aromatic N) is 1. The van der Waals surface area contributed by atoms with E-state index >= 15 is 0 Å². The molecule has 2 saturated carbocycles. The first-order valence-corrected chi connectivity index (χ1v) is 8.92. The van der Waals surface area contributed by atoms with Crippen molar-refractivity contribution < 1.29 is 9.50 Å². The zero-order chi connectivity index (χ0) is 15.8. The third-order valence-electron chi connectivity index (χ3n) is 7.35. The molecule has 5 atom stereocenters. The van der Waals surface area contributed by atoms with Crippen LogP contribution in [0, 0.1) is 23.1 Å². The second kappa shape index (κ2) is 4.56. The summed E-state index contributed by atoms with van der Waals surface area (Å²) in [6, 6.07) is 1.76. The van der Waals surface area contributed by atoms with E-state index in [4.69, 9.17) is 0 Å². The van der Waals surface area contributed by atoms with E-state index in [1.54, 1.807) is 12.3 Å². The lowest BCUT2D eigenvalue weighted by atomic mass is 9.55. The zero-order valence-corrected chi connectivity index (χ0v) is 13.5. The molecular weight excluding hydrogens is 291 g/mol. The molecule has 3 aliphatic rings. The van der Waals surface area contributed by atoms with Gasteiger partial charge in [0.15, 0.2) is 0 Å². The average Bonchev–Trinajstić information content (AvgIpc) is 3.13. The van der Waals surface area contributed by atoms with Crippen LogP contribution in [0.2, 0.25) is 0 Å². The Hall–Kier alpha value is -1.42. The Labute approximate surface area is 135 Å². The lowest BCUT2D eigenvalue weighted by Gasteiger charge is -2.50. The molecule has 0 spiro atoms. The standard InChI is InChI=1S/C19H23FN2O/c1-19-7-6-11-12(15(19)4-5-17(19)23)3-2-10-13(11)8-16(20)18-14(10)9-21-22-18/h8-9,11-12,15,17,23H,2-7H2,1H3,(H,21,22)/t11?,12?,15?,17-,19-/m0/s1. The van der Waals surface area contributed by atoms with Crippen LogP contribution < -0.4 is 0 Å². The van der Waals surface area contributed by atoms with Crippen molar-refractivity contribution in [1.82, 2.24) is 10.2 Å². The molecule has 0 amide bonds. The number of nitrogens with one attached hydrogen (secondary N) is 1. The van der Waals surface area contributed by atoms with E-state index in [9.17, 15) is 9.50 Å². The van der Waals surface area contributed by atoms with Crippen LogP contribution in [0.25, 0.3) is 10.9 Å². The minimum absolute atomic E-state index is 0.0803. The van der Waals surface area contributed by atoms with E-state index in [-0.39, 0.29) is 17.3 Å². The van der Waals surface area contributed by atoms with Gasteiger partial charge in [0, 0.05) is 5.39 Å². The SMILES string of the molecule is C[C@]12CCC3c4cc(F)c5[nH]ncc5c4CCC3C1CC[C@@H]2O. The number of rotatable bonds is 0. The van der Waals surface area contributed by atoms with Crippen molar-refractivity contribution >= 4 is 10.9 Å². The number of benzene rings is 1. The van der Waals surface area contributed by atoms with Crippen LogP contribution in [-0.2, 0) is 6.42 Å². The third-order valence-corrected chi connectivity index (χ3v) is 7.35. The summed E-state index contributed by atoms with van der Waals surface area (Å²) in [5.74, 6) is 1.47. The van der Waals surface area contributed by atoms with Gasteiger partial charge in [0.05, 0.1) is 12.3 Å². The predicted molar refractivity (Wildman–Crippen MR) is 86.7 cm³/mol. The van der Waals surface area contributed by atoms with Gasteiger partial charge in [-0.05, 0) is 78.9 Å². The molecular formula is C19H23FN2O. The molecule has 0 saturated heterocycles. The first kappa shape index (κ1) is 14.0. The lowest BCUT2D eigenvalue weighted by molar-refractivity contribution is -0.0225. The van der Waals surface area contributed by atoms with E-state index in [0.717, 1.165) is 43.9 Å². The Morgan fingerprint density at radius 1 is 1.30 bits per heavy atom. The molecule has 0 aliphatic heterocycles. The highest BCUT2D eigenvalue weighted by atomic mass is 19.1. The number of H-pyrrole nitrogens is 1. The summed E-state index contributed by atoms with van der Waals surface area (Å²) in [5, 5.41) is 18.3. The first-order valence-electron chi connectivity index (χ1n) is 8.92. The fraction of sp³-hybridized carbons (Fsp3) is 0.632. The Morgan fingerprint density at radius 3 is 3.04 bits per heavy atom. The molecule has 0 radical (unpaired) electrons. The van der Waals surface area contributed by atoms with E-state index in [2.05, 4.69) is 17.1 Å². The monoisotopic (exact) mass is 314 g/mol. The molecule has 3 aliphatic carbocycles. The molecule has 3 unspecified atom stereocenters. The maximum atomic E-state index is 14.5. The number of hydrogen-bond acceptors (Lipinski definition) is 2. The Kier molecular flexibility index (Phi) is 2.77. The van der Waals surface area contributed by atoms with Gasteiger partial charge in [0.1, 0.15) is 11.3 Å². The normalized spacial score (nSPS) is 39.1. The number of aromatic amines is 1. The highest BCUT2D eigenvalue weighted by Gasteiger charge is 2.54. The Balaban J connectivity index is 1.62. The number of aliphatic hydroxyl groups excluding tert-OH is 1. The van der Waals surface area contributed by atoms with Crippen molar-refractivity contribution in [1.29, 1.82) is 0 Å². The van der Waals surface area contributed by atoms with Gasteiger partial charge in [-0.2, -0.15) is 5.10 Å². The number of aromatic nitrogens is 2. The largest absolute Gasteiger partial charge is 0.393 e. The quantitative estimate of drug-likeness (QED) is 0.774. The molecule has 5 rings (SSSR count). The van der Waals surface area contributed by atoms with Crippen molar-refractivity contribution in [2.75, 3.05) is 0 Å². The summed E-state index contributed by atoms with van der Waals surface area (Å²) in [7, 11) is 0. The summed E-state index contributed by atoms with van der Waals surface area (Å²) in [5.41, 5.74) is 3.16. The second-order valence-corrected chi connectivity index (χ2v) is 8.14. The highest BCUT2D eigenvalue weighted by molar-refractivity contribution is 5.84. The number of halogens is 1. The summed E-state index contributed by atoms with van der Waals surface area (Å²) in [6.07, 6.45) is 8.00. The topological polar surface area (TPSA) is 48.9 Å². The Morgan fingerprint density at radius 2 is 2.17 bits per heavy atom. The van der Waals surface area contributed by atoms with Gasteiger partial charge in [0.25, 0.3) is 0 Å². The van der Waals surface area contributed by atoms with Crippen molar-refractivity contribution in [2.45, 2.75) is 57.5 Å². The van der Waals surface area contributed by atoms with Crippen LogP contribution >= 0.6 is 0 Å². The Bertz CT molecular complexity index is 785. The van der Waals surface area contributed by atoms with Crippen molar-refractivity contribution in [3.05, 3.63) is 29.2 Å². The average molecular weight is 314 g/mol. The minimum Gasteiger partial charge on any atom is -0.393 e. The van der Waals surface area contributed by atoms with Crippen LogP contribution in [0.4, 0.5) is 4.39 Å². The van der Waals surface area contributed by atoms with E-state index < -0.39 is 0 Å². The van der Waals surface area contributed by atoms with Crippen LogP contribution in [0.15, 0.2) is 12.3 Å². The van der Waals surface area contributed by atoms with Gasteiger partial charge in [0.2, 0.25) is 0 Å². The molecule has 1 aromatic heterocycles. The molecule has 23 heavy (non-hydrogen) atoms. The van der Waals surface area contributed by atoms with Gasteiger partial charge in [-0.15, -0.1) is 0 Å². The summed E-state index contributed by atoms with van der Waals surface area (Å²) in [4.78, 5) is 0. The van der Waals surface area contributed by atoms with E-state index in [1.165, 1.54) is 11.1 Å². The third kappa shape index (κ3) is 1.70. The number of fused-ring (bicyclic) bond motifs is 7. The molecule has 3 nitrogen and oxygen atoms in total. The summed E-state index contributed by atoms with van der Waals surface area (Å²) >= 11 is 0. The molecule has 1 heterocycles. The van der Waals surface area contributed by atoms with Crippen molar-refractivity contribution in [3.63, 3.8) is 0 Å². The smallest absolute Gasteiger partial charge is 0.149 e. The van der Waals surface area contributed by atoms with Crippen LogP contribution in [0.3, 0.4) is 0 Å². The van der Waals surface area contributed by atoms with Gasteiger partial charge < -0.3 is 5.11 Å². The van der Waals surface area contributed by atoms with Crippen LogP contribution in [0.1, 0.15) is 56.1 Å². The molecule has 2 fully saturated rings. The van der Waals surface area contributed by atoms with Gasteiger partial charge in [-0.3, -0.25) is 5.10 Å². The van der Waals surface area contributed by atoms with Crippen molar-refractivity contribution in [2.24, 2.45) is 17.3 Å². The second-order valence-electron chi connectivity index (χ2n) is 8.14. The molecule has 4 heteroatoms. The predicted octanol–water partition coefficient (Wildman–Crippen LogP) is 3.92. The number of hydrogen-bond donors (Lipinski definition) is 2. The van der Waals surface area contributed by atoms with Crippen molar-refractivity contribution in [3.8, 4) is 0 Å². The fourth-order valence-corrected chi connectivity index (χ4v) is 6.12. The molecule has 0 bridgehead atoms. The van der Waals surface area contributed by atoms with Gasteiger partial charge >= 0.3 is 0 Å². The highest BCUT2D eigenvalue weighted by Crippen LogP contribution is 2.61. The summed E-state index contributed by atoms with van der Waals surface area (Å²) < 4.78 is 14.5. The van der Waals surface area contributed by atoms with Gasteiger partial charge in [-0.1, -0.05) is 6.92 Å². The molecule has 2 aromatic rings. The number of aliphatic hydroxyl groups is 1. The van der Waals surface area contributed by atoms with E-state index in [0.29, 0.717) is 23.3 Å². The summed E-state index contributed by atoms with van der Waals surface area (Å²) in [6.45, 7) is 2.28.